The Morgan fingerprint density at radius 3 is 2.28 bits per heavy atom. The van der Waals surface area contributed by atoms with Gasteiger partial charge in [0.05, 0.1) is 0 Å². The average Bonchev–Trinajstić information content (AvgIpc) is 2.94. The molecule has 0 aliphatic heterocycles. The number of carbonyl (C=O) groups is 1. The van der Waals surface area contributed by atoms with Crippen LogP contribution < -0.4 is 5.32 Å². The van der Waals surface area contributed by atoms with Crippen molar-refractivity contribution in [3.63, 3.8) is 0 Å². The van der Waals surface area contributed by atoms with Crippen LogP contribution in [0.4, 0.5) is 4.79 Å². The van der Waals surface area contributed by atoms with Gasteiger partial charge in [-0.05, 0) is 41.0 Å². The Kier molecular flexibility index (Phi) is 5.71. The first-order valence-corrected chi connectivity index (χ1v) is 8.90. The van der Waals surface area contributed by atoms with E-state index < -0.39 is 0 Å². The van der Waals surface area contributed by atoms with Gasteiger partial charge in [-0.2, -0.15) is 0 Å². The molecular weight excluding hydrogens is 314 g/mol. The number of hydrogen-bond acceptors (Lipinski definition) is 3. The first kappa shape index (κ1) is 17.5. The molecule has 4 heteroatoms. The fraction of sp³-hybridized carbons (Fsp3) is 0.381. The van der Waals surface area contributed by atoms with Crippen LogP contribution >= 0.6 is 0 Å². The summed E-state index contributed by atoms with van der Waals surface area (Å²) in [6.07, 6.45) is 1.22. The Morgan fingerprint density at radius 1 is 1.08 bits per heavy atom. The number of benzene rings is 2. The molecule has 25 heavy (non-hydrogen) atoms. The zero-order chi connectivity index (χ0) is 17.6. The summed E-state index contributed by atoms with van der Waals surface area (Å²) in [6, 6.07) is 16.6. The van der Waals surface area contributed by atoms with Crippen LogP contribution in [0.3, 0.4) is 0 Å². The van der Waals surface area contributed by atoms with E-state index in [1.807, 2.05) is 24.3 Å². The molecule has 2 aromatic rings. The summed E-state index contributed by atoms with van der Waals surface area (Å²) in [5.41, 5.74) is 4.89. The molecule has 0 heterocycles. The van der Waals surface area contributed by atoms with E-state index in [0.29, 0.717) is 19.1 Å². The smallest absolute Gasteiger partial charge is 0.407 e. The van der Waals surface area contributed by atoms with Crippen molar-refractivity contribution in [2.24, 2.45) is 5.92 Å². The lowest BCUT2D eigenvalue weighted by Gasteiger charge is -2.15. The van der Waals surface area contributed by atoms with E-state index in [0.717, 1.165) is 12.8 Å². The highest BCUT2D eigenvalue weighted by Crippen LogP contribution is 2.44. The van der Waals surface area contributed by atoms with Gasteiger partial charge in [-0.25, -0.2) is 4.79 Å². The van der Waals surface area contributed by atoms with Crippen molar-refractivity contribution >= 4 is 6.09 Å². The first-order chi connectivity index (χ1) is 12.2. The maximum absolute atomic E-state index is 12.0. The van der Waals surface area contributed by atoms with Gasteiger partial charge in [0, 0.05) is 19.1 Å². The van der Waals surface area contributed by atoms with E-state index in [4.69, 9.17) is 9.84 Å². The lowest BCUT2D eigenvalue weighted by molar-refractivity contribution is 0.142. The molecule has 0 bridgehead atoms. The Morgan fingerprint density at radius 2 is 1.68 bits per heavy atom. The molecule has 1 unspecified atom stereocenters. The number of nitrogens with one attached hydrogen (secondary N) is 1. The van der Waals surface area contributed by atoms with Gasteiger partial charge in [0.1, 0.15) is 6.61 Å². The third-order valence-electron chi connectivity index (χ3n) is 4.87. The minimum absolute atomic E-state index is 0.0893. The van der Waals surface area contributed by atoms with Crippen molar-refractivity contribution in [2.45, 2.75) is 25.7 Å². The highest BCUT2D eigenvalue weighted by molar-refractivity contribution is 5.79. The van der Waals surface area contributed by atoms with Crippen molar-refractivity contribution < 1.29 is 14.6 Å². The maximum Gasteiger partial charge on any atom is 0.407 e. The van der Waals surface area contributed by atoms with E-state index in [-0.39, 0.29) is 18.6 Å². The topological polar surface area (TPSA) is 58.6 Å². The quantitative estimate of drug-likeness (QED) is 0.803. The van der Waals surface area contributed by atoms with Crippen molar-refractivity contribution in [1.29, 1.82) is 0 Å². The SMILES string of the molecule is CC(CCO)CCNC(=O)OCC1c2ccccc2-c2ccccc21. The van der Waals surface area contributed by atoms with Gasteiger partial charge >= 0.3 is 6.09 Å². The summed E-state index contributed by atoms with van der Waals surface area (Å²) in [4.78, 5) is 12.0. The minimum Gasteiger partial charge on any atom is -0.449 e. The summed E-state index contributed by atoms with van der Waals surface area (Å²) >= 11 is 0. The molecule has 0 radical (unpaired) electrons. The molecule has 3 rings (SSSR count). The number of fused-ring (bicyclic) bond motifs is 3. The van der Waals surface area contributed by atoms with Gasteiger partial charge in [0.25, 0.3) is 0 Å². The summed E-state index contributed by atoms with van der Waals surface area (Å²) < 4.78 is 5.48. The van der Waals surface area contributed by atoms with Gasteiger partial charge in [0.2, 0.25) is 0 Å². The predicted octanol–water partition coefficient (Wildman–Crippen LogP) is 3.93. The molecule has 0 spiro atoms. The van der Waals surface area contributed by atoms with E-state index in [1.54, 1.807) is 0 Å². The van der Waals surface area contributed by atoms with Crippen LogP contribution in [-0.2, 0) is 4.74 Å². The molecule has 2 aromatic carbocycles. The molecule has 0 aromatic heterocycles. The molecule has 0 fully saturated rings. The van der Waals surface area contributed by atoms with Crippen LogP contribution in [0.5, 0.6) is 0 Å². The van der Waals surface area contributed by atoms with Crippen molar-refractivity contribution in [3.05, 3.63) is 59.7 Å². The number of carbonyl (C=O) groups excluding carboxylic acids is 1. The van der Waals surface area contributed by atoms with Gasteiger partial charge in [-0.1, -0.05) is 55.5 Å². The van der Waals surface area contributed by atoms with Crippen molar-refractivity contribution in [2.75, 3.05) is 19.8 Å². The van der Waals surface area contributed by atoms with E-state index >= 15 is 0 Å². The number of rotatable bonds is 7. The molecule has 2 N–H and O–H groups in total. The highest BCUT2D eigenvalue weighted by atomic mass is 16.5. The minimum atomic E-state index is -0.377. The Balaban J connectivity index is 1.57. The Labute approximate surface area is 148 Å². The third-order valence-corrected chi connectivity index (χ3v) is 4.87. The van der Waals surface area contributed by atoms with Crippen LogP contribution in [0.1, 0.15) is 36.8 Å². The number of hydrogen-bond donors (Lipinski definition) is 2. The third kappa shape index (κ3) is 4.02. The number of amides is 1. The van der Waals surface area contributed by atoms with Gasteiger partial charge in [-0.3, -0.25) is 0 Å². The molecule has 132 valence electrons. The molecule has 0 saturated heterocycles. The maximum atomic E-state index is 12.0. The fourth-order valence-electron chi connectivity index (χ4n) is 3.43. The normalized spacial score (nSPS) is 13.8. The number of aliphatic hydroxyl groups is 1. The van der Waals surface area contributed by atoms with E-state index in [2.05, 4.69) is 36.5 Å². The Hall–Kier alpha value is -2.33. The van der Waals surface area contributed by atoms with Crippen LogP contribution in [0.25, 0.3) is 11.1 Å². The number of alkyl carbamates (subject to hydrolysis) is 1. The molecule has 1 amide bonds. The molecule has 0 saturated carbocycles. The monoisotopic (exact) mass is 339 g/mol. The van der Waals surface area contributed by atoms with Gasteiger partial charge in [0.15, 0.2) is 0 Å². The molecule has 1 atom stereocenters. The summed E-state index contributed by atoms with van der Waals surface area (Å²) in [7, 11) is 0. The molecule has 1 aliphatic rings. The highest BCUT2D eigenvalue weighted by Gasteiger charge is 2.28. The molecule has 1 aliphatic carbocycles. The number of ether oxygens (including phenoxy) is 1. The fourth-order valence-corrected chi connectivity index (χ4v) is 3.43. The second-order valence-electron chi connectivity index (χ2n) is 6.66. The van der Waals surface area contributed by atoms with Crippen LogP contribution in [0, 0.1) is 5.92 Å². The second kappa shape index (κ2) is 8.17. The second-order valence-corrected chi connectivity index (χ2v) is 6.66. The van der Waals surface area contributed by atoms with Crippen LogP contribution in [0.15, 0.2) is 48.5 Å². The van der Waals surface area contributed by atoms with Crippen LogP contribution in [0.2, 0.25) is 0 Å². The number of aliphatic hydroxyl groups excluding tert-OH is 1. The predicted molar refractivity (Wildman–Crippen MR) is 98.6 cm³/mol. The molecular formula is C21H25NO3. The van der Waals surface area contributed by atoms with Gasteiger partial charge < -0.3 is 15.2 Å². The summed E-state index contributed by atoms with van der Waals surface area (Å²) in [6.45, 7) is 3.16. The lowest BCUT2D eigenvalue weighted by atomic mass is 9.98. The van der Waals surface area contributed by atoms with E-state index in [9.17, 15) is 4.79 Å². The van der Waals surface area contributed by atoms with Crippen molar-refractivity contribution in [1.82, 2.24) is 5.32 Å². The lowest BCUT2D eigenvalue weighted by Crippen LogP contribution is -2.28. The summed E-state index contributed by atoms with van der Waals surface area (Å²) in [5, 5.41) is 11.7. The first-order valence-electron chi connectivity index (χ1n) is 8.90. The standard InChI is InChI=1S/C21H25NO3/c1-15(11-13-23)10-12-22-21(24)25-14-20-18-8-4-2-6-16(18)17-7-3-5-9-19(17)20/h2-9,15,20,23H,10-14H2,1H3,(H,22,24). The zero-order valence-electron chi connectivity index (χ0n) is 14.6. The van der Waals surface area contributed by atoms with Gasteiger partial charge in [-0.15, -0.1) is 0 Å². The van der Waals surface area contributed by atoms with Crippen LogP contribution in [-0.4, -0.2) is 31.0 Å². The largest absolute Gasteiger partial charge is 0.449 e. The molecule has 4 nitrogen and oxygen atoms in total. The van der Waals surface area contributed by atoms with E-state index in [1.165, 1.54) is 22.3 Å². The summed E-state index contributed by atoms with van der Waals surface area (Å²) in [5.74, 6) is 0.477. The Bertz CT molecular complexity index is 683. The zero-order valence-corrected chi connectivity index (χ0v) is 14.6. The average molecular weight is 339 g/mol. The van der Waals surface area contributed by atoms with Crippen molar-refractivity contribution in [3.8, 4) is 11.1 Å².